The van der Waals surface area contributed by atoms with Gasteiger partial charge in [0.2, 0.25) is 5.91 Å². The number of hydrogen-bond acceptors (Lipinski definition) is 7. The molecule has 0 saturated carbocycles. The lowest BCUT2D eigenvalue weighted by Crippen LogP contribution is -2.42. The van der Waals surface area contributed by atoms with E-state index in [0.29, 0.717) is 12.4 Å². The number of carbonyl (C=O) groups is 1. The molecular formula is C17H23N7O2. The Balaban J connectivity index is 1.27. The molecule has 1 N–H and O–H groups in total. The second-order valence-corrected chi connectivity index (χ2v) is 6.73. The number of carbonyl (C=O) groups excluding carboxylic acids is 1. The Hall–Kier alpha value is -2.55. The number of ether oxygens (including phenoxy) is 1. The Morgan fingerprint density at radius 3 is 2.65 bits per heavy atom. The molecule has 2 saturated heterocycles. The number of nitrogens with one attached hydrogen (secondary N) is 1. The number of anilines is 1. The van der Waals surface area contributed by atoms with Crippen LogP contribution >= 0.6 is 0 Å². The van der Waals surface area contributed by atoms with Gasteiger partial charge in [0.25, 0.3) is 0 Å². The highest BCUT2D eigenvalue weighted by molar-refractivity contribution is 5.79. The SMILES string of the molecule is O=C(NCC1CCCO1)C1CCN(c2ccc(-n3cncn3)nn2)CC1. The molecule has 2 aliphatic heterocycles. The Morgan fingerprint density at radius 1 is 1.19 bits per heavy atom. The molecule has 4 heterocycles. The highest BCUT2D eigenvalue weighted by atomic mass is 16.5. The zero-order chi connectivity index (χ0) is 17.8. The van der Waals surface area contributed by atoms with E-state index >= 15 is 0 Å². The first-order valence-corrected chi connectivity index (χ1v) is 9.12. The first kappa shape index (κ1) is 16.9. The van der Waals surface area contributed by atoms with Crippen molar-refractivity contribution in [3.63, 3.8) is 0 Å². The van der Waals surface area contributed by atoms with E-state index in [-0.39, 0.29) is 17.9 Å². The molecule has 9 heteroatoms. The van der Waals surface area contributed by atoms with Gasteiger partial charge in [-0.25, -0.2) is 9.67 Å². The minimum absolute atomic E-state index is 0.0648. The lowest BCUT2D eigenvalue weighted by atomic mass is 9.96. The number of nitrogens with zero attached hydrogens (tertiary/aromatic N) is 6. The standard InChI is InChI=1S/C17H23N7O2/c25-17(19-10-14-2-1-9-26-14)13-5-7-23(8-6-13)15-3-4-16(22-21-15)24-12-18-11-20-24/h3-4,11-14H,1-2,5-10H2,(H,19,25). The molecule has 0 spiro atoms. The molecule has 2 aromatic heterocycles. The predicted octanol–water partition coefficient (Wildman–Crippen LogP) is 0.569. The summed E-state index contributed by atoms with van der Waals surface area (Å²) in [6.45, 7) is 3.05. The van der Waals surface area contributed by atoms with Crippen molar-refractivity contribution in [3.8, 4) is 5.82 Å². The van der Waals surface area contributed by atoms with Gasteiger partial charge in [-0.2, -0.15) is 5.10 Å². The quantitative estimate of drug-likeness (QED) is 0.835. The molecule has 2 aliphatic rings. The normalized spacial score (nSPS) is 21.1. The van der Waals surface area contributed by atoms with Gasteiger partial charge in [-0.15, -0.1) is 10.2 Å². The minimum atomic E-state index is 0.0648. The summed E-state index contributed by atoms with van der Waals surface area (Å²) in [4.78, 5) is 18.4. The van der Waals surface area contributed by atoms with Crippen molar-refractivity contribution in [2.45, 2.75) is 31.8 Å². The summed E-state index contributed by atoms with van der Waals surface area (Å²) in [5.41, 5.74) is 0. The molecule has 1 amide bonds. The first-order chi connectivity index (χ1) is 12.8. The van der Waals surface area contributed by atoms with Crippen LogP contribution in [0.5, 0.6) is 0 Å². The number of rotatable bonds is 5. The molecule has 2 fully saturated rings. The van der Waals surface area contributed by atoms with Crippen LogP contribution in [0.25, 0.3) is 5.82 Å². The third kappa shape index (κ3) is 3.82. The van der Waals surface area contributed by atoms with Crippen LogP contribution < -0.4 is 10.2 Å². The van der Waals surface area contributed by atoms with E-state index in [1.165, 1.54) is 6.33 Å². The zero-order valence-electron chi connectivity index (χ0n) is 14.6. The smallest absolute Gasteiger partial charge is 0.223 e. The summed E-state index contributed by atoms with van der Waals surface area (Å²) in [6.07, 6.45) is 7.03. The maximum atomic E-state index is 12.3. The lowest BCUT2D eigenvalue weighted by molar-refractivity contribution is -0.126. The highest BCUT2D eigenvalue weighted by Crippen LogP contribution is 2.22. The van der Waals surface area contributed by atoms with Gasteiger partial charge in [0, 0.05) is 32.2 Å². The average molecular weight is 357 g/mol. The molecule has 0 aliphatic carbocycles. The summed E-state index contributed by atoms with van der Waals surface area (Å²) < 4.78 is 7.12. The van der Waals surface area contributed by atoms with Crippen molar-refractivity contribution in [1.82, 2.24) is 30.3 Å². The molecule has 138 valence electrons. The molecule has 4 rings (SSSR count). The van der Waals surface area contributed by atoms with E-state index in [0.717, 1.165) is 51.2 Å². The fraction of sp³-hybridized carbons (Fsp3) is 0.588. The monoisotopic (exact) mass is 357 g/mol. The van der Waals surface area contributed by atoms with Gasteiger partial charge in [0.05, 0.1) is 6.10 Å². The first-order valence-electron chi connectivity index (χ1n) is 9.12. The third-order valence-electron chi connectivity index (χ3n) is 5.01. The third-order valence-corrected chi connectivity index (χ3v) is 5.01. The predicted molar refractivity (Wildman–Crippen MR) is 93.9 cm³/mol. The van der Waals surface area contributed by atoms with Crippen LogP contribution in [0.1, 0.15) is 25.7 Å². The van der Waals surface area contributed by atoms with Crippen LogP contribution in [-0.2, 0) is 9.53 Å². The summed E-state index contributed by atoms with van der Waals surface area (Å²) in [5.74, 6) is 1.67. The molecule has 26 heavy (non-hydrogen) atoms. The van der Waals surface area contributed by atoms with E-state index in [4.69, 9.17) is 4.74 Å². The molecule has 0 radical (unpaired) electrons. The van der Waals surface area contributed by atoms with Crippen LogP contribution in [0.15, 0.2) is 24.8 Å². The van der Waals surface area contributed by atoms with Gasteiger partial charge in [0.15, 0.2) is 11.6 Å². The van der Waals surface area contributed by atoms with E-state index in [2.05, 4.69) is 30.5 Å². The van der Waals surface area contributed by atoms with Crippen molar-refractivity contribution in [3.05, 3.63) is 24.8 Å². The maximum absolute atomic E-state index is 12.3. The van der Waals surface area contributed by atoms with Crippen molar-refractivity contribution in [1.29, 1.82) is 0 Å². The topological polar surface area (TPSA) is 98.1 Å². The maximum Gasteiger partial charge on any atom is 0.223 e. The summed E-state index contributed by atoms with van der Waals surface area (Å²) in [5, 5.41) is 15.6. The van der Waals surface area contributed by atoms with Crippen LogP contribution in [0.2, 0.25) is 0 Å². The van der Waals surface area contributed by atoms with Crippen LogP contribution in [0, 0.1) is 5.92 Å². The average Bonchev–Trinajstić information content (AvgIpc) is 3.40. The number of hydrogen-bond donors (Lipinski definition) is 1. The van der Waals surface area contributed by atoms with Gasteiger partial charge >= 0.3 is 0 Å². The lowest BCUT2D eigenvalue weighted by Gasteiger charge is -2.32. The van der Waals surface area contributed by atoms with Crippen molar-refractivity contribution >= 4 is 11.7 Å². The van der Waals surface area contributed by atoms with Crippen LogP contribution in [-0.4, -0.2) is 63.2 Å². The van der Waals surface area contributed by atoms with Crippen LogP contribution in [0.3, 0.4) is 0 Å². The van der Waals surface area contributed by atoms with Crippen molar-refractivity contribution in [2.24, 2.45) is 5.92 Å². The summed E-state index contributed by atoms with van der Waals surface area (Å²) >= 11 is 0. The Labute approximate surface area is 151 Å². The number of aromatic nitrogens is 5. The molecule has 2 aromatic rings. The van der Waals surface area contributed by atoms with Crippen molar-refractivity contribution in [2.75, 3.05) is 31.1 Å². The van der Waals surface area contributed by atoms with Gasteiger partial charge in [-0.1, -0.05) is 0 Å². The molecule has 1 unspecified atom stereocenters. The van der Waals surface area contributed by atoms with Gasteiger partial charge < -0.3 is 15.0 Å². The molecular weight excluding hydrogens is 334 g/mol. The molecule has 0 aromatic carbocycles. The second-order valence-electron chi connectivity index (χ2n) is 6.73. The Bertz CT molecular complexity index is 705. The van der Waals surface area contributed by atoms with Crippen LogP contribution in [0.4, 0.5) is 5.82 Å². The molecule has 0 bridgehead atoms. The van der Waals surface area contributed by atoms with Gasteiger partial charge in [-0.3, -0.25) is 4.79 Å². The van der Waals surface area contributed by atoms with E-state index in [1.54, 1.807) is 11.0 Å². The van der Waals surface area contributed by atoms with Crippen molar-refractivity contribution < 1.29 is 9.53 Å². The summed E-state index contributed by atoms with van der Waals surface area (Å²) in [7, 11) is 0. The van der Waals surface area contributed by atoms with Gasteiger partial charge in [-0.05, 0) is 37.8 Å². The number of amides is 1. The fourth-order valence-corrected chi connectivity index (χ4v) is 3.47. The van der Waals surface area contributed by atoms with E-state index in [1.807, 2.05) is 12.1 Å². The molecule has 9 nitrogen and oxygen atoms in total. The number of piperidine rings is 1. The Morgan fingerprint density at radius 2 is 2.00 bits per heavy atom. The minimum Gasteiger partial charge on any atom is -0.376 e. The van der Waals surface area contributed by atoms with E-state index < -0.39 is 0 Å². The molecule has 1 atom stereocenters. The fourth-order valence-electron chi connectivity index (χ4n) is 3.47. The zero-order valence-corrected chi connectivity index (χ0v) is 14.6. The summed E-state index contributed by atoms with van der Waals surface area (Å²) in [6, 6.07) is 3.80. The van der Waals surface area contributed by atoms with Gasteiger partial charge in [0.1, 0.15) is 12.7 Å². The Kier molecular flexibility index (Phi) is 5.05. The van der Waals surface area contributed by atoms with E-state index in [9.17, 15) is 4.79 Å². The largest absolute Gasteiger partial charge is 0.376 e. The second kappa shape index (κ2) is 7.77. The highest BCUT2D eigenvalue weighted by Gasteiger charge is 2.26.